The second-order valence-corrected chi connectivity index (χ2v) is 2.65. The predicted octanol–water partition coefficient (Wildman–Crippen LogP) is -0.477. The van der Waals surface area contributed by atoms with Gasteiger partial charge in [-0.2, -0.15) is 4.21 Å². The van der Waals surface area contributed by atoms with E-state index in [4.69, 9.17) is 13.3 Å². The SMILES string of the molecule is O=S(O)(O)=S.[H-].[H-].[Sr+2]. The van der Waals surface area contributed by atoms with Crippen LogP contribution in [0.25, 0.3) is 0 Å². The van der Waals surface area contributed by atoms with Gasteiger partial charge in [-0.3, -0.25) is 9.11 Å². The van der Waals surface area contributed by atoms with Crippen LogP contribution < -0.4 is 0 Å². The first-order valence-electron chi connectivity index (χ1n) is 0.698. The van der Waals surface area contributed by atoms with E-state index in [-0.39, 0.29) is 48.3 Å². The summed E-state index contributed by atoms with van der Waals surface area (Å²) >= 11 is 3.47. The van der Waals surface area contributed by atoms with Gasteiger partial charge in [0.15, 0.2) is 0 Å². The molecule has 0 spiro atoms. The molecule has 0 aliphatic rings. The van der Waals surface area contributed by atoms with Gasteiger partial charge in [-0.05, 0) is 0 Å². The molecule has 0 saturated carbocycles. The van der Waals surface area contributed by atoms with E-state index >= 15 is 0 Å². The summed E-state index contributed by atoms with van der Waals surface area (Å²) in [5.41, 5.74) is 0. The van der Waals surface area contributed by atoms with Crippen LogP contribution in [0.4, 0.5) is 0 Å². The molecule has 0 aliphatic heterocycles. The number of hydrogen-bond acceptors (Lipinski definition) is 2. The summed E-state index contributed by atoms with van der Waals surface area (Å²) in [6.45, 7) is 0. The smallest absolute Gasteiger partial charge is 1.00 e. The predicted molar refractivity (Wildman–Crippen MR) is 28.7 cm³/mol. The standard InChI is InChI=1S/H2O3S2.Sr.2H/c1-5(2,3)4;;;/h(H2,1,2,3,4);;;/q;+2;2*-1. The van der Waals surface area contributed by atoms with E-state index in [1.807, 2.05) is 0 Å². The van der Waals surface area contributed by atoms with E-state index in [9.17, 15) is 0 Å². The Balaban J connectivity index is -0.0000000267. The van der Waals surface area contributed by atoms with Crippen LogP contribution in [0.5, 0.6) is 0 Å². The zero-order valence-corrected chi connectivity index (χ0v) is 7.94. The summed E-state index contributed by atoms with van der Waals surface area (Å²) in [6, 6.07) is 0. The zero-order chi connectivity index (χ0) is 4.50. The maximum absolute atomic E-state index is 9.11. The van der Waals surface area contributed by atoms with Crippen molar-refractivity contribution in [3.63, 3.8) is 0 Å². The minimum Gasteiger partial charge on any atom is -1.00 e. The zero-order valence-electron chi connectivity index (χ0n) is 4.83. The van der Waals surface area contributed by atoms with Crippen LogP contribution in [-0.4, -0.2) is 58.8 Å². The molecule has 0 fully saturated rings. The maximum atomic E-state index is 9.11. The Morgan fingerprint density at radius 3 is 1.67 bits per heavy atom. The fourth-order valence-electron chi connectivity index (χ4n) is 0. The third-order valence-corrected chi connectivity index (χ3v) is 0. The summed E-state index contributed by atoms with van der Waals surface area (Å²) in [5.74, 6) is 0. The fraction of sp³-hybridized carbons (Fsp3) is 0. The second kappa shape index (κ2) is 3.73. The maximum Gasteiger partial charge on any atom is 2.00 e. The fourth-order valence-corrected chi connectivity index (χ4v) is 0. The van der Waals surface area contributed by atoms with Gasteiger partial charge in [-0.25, -0.2) is 0 Å². The molecule has 36 valence electrons. The Morgan fingerprint density at radius 1 is 1.67 bits per heavy atom. The molecule has 0 aromatic carbocycles. The van der Waals surface area contributed by atoms with Gasteiger partial charge in [-0.15, -0.1) is 0 Å². The Kier molecular flexibility index (Phi) is 6.66. The van der Waals surface area contributed by atoms with Crippen molar-refractivity contribution in [2.24, 2.45) is 0 Å². The van der Waals surface area contributed by atoms with Gasteiger partial charge in [0.05, 0.1) is 0 Å². The van der Waals surface area contributed by atoms with Crippen molar-refractivity contribution in [1.82, 2.24) is 0 Å². The Morgan fingerprint density at radius 2 is 1.67 bits per heavy atom. The normalized spacial score (nSPS) is 9.67. The first-order valence-corrected chi connectivity index (χ1v) is 3.10. The van der Waals surface area contributed by atoms with E-state index in [1.54, 1.807) is 0 Å². The van der Waals surface area contributed by atoms with E-state index in [0.29, 0.717) is 0 Å². The first kappa shape index (κ1) is 10.7. The van der Waals surface area contributed by atoms with Crippen molar-refractivity contribution in [3.8, 4) is 0 Å². The van der Waals surface area contributed by atoms with Crippen molar-refractivity contribution in [2.45, 2.75) is 0 Å². The first-order chi connectivity index (χ1) is 2.00. The average molecular weight is 204 g/mol. The summed E-state index contributed by atoms with van der Waals surface area (Å²) in [4.78, 5) is 0. The van der Waals surface area contributed by atoms with Gasteiger partial charge in [0, 0.05) is 11.2 Å². The molecule has 6 heteroatoms. The van der Waals surface area contributed by atoms with Crippen molar-refractivity contribution >= 4 is 65.7 Å². The third-order valence-electron chi connectivity index (χ3n) is 0. The molecular weight excluding hydrogens is 200 g/mol. The van der Waals surface area contributed by atoms with Crippen LogP contribution in [0, 0.1) is 0 Å². The molecule has 0 atom stereocenters. The summed E-state index contributed by atoms with van der Waals surface area (Å²) in [7, 11) is -3.83. The van der Waals surface area contributed by atoms with Crippen LogP contribution in [-0.2, 0) is 20.2 Å². The van der Waals surface area contributed by atoms with Crippen molar-refractivity contribution in [2.75, 3.05) is 0 Å². The van der Waals surface area contributed by atoms with Gasteiger partial charge in [0.1, 0.15) is 0 Å². The molecule has 6 heavy (non-hydrogen) atoms. The van der Waals surface area contributed by atoms with Gasteiger partial charge in [-0.1, -0.05) is 0 Å². The van der Waals surface area contributed by atoms with Crippen LogP contribution in [0.15, 0.2) is 0 Å². The van der Waals surface area contributed by atoms with Crippen molar-refractivity contribution in [3.05, 3.63) is 0 Å². The molecule has 0 radical (unpaired) electrons. The second-order valence-electron chi connectivity index (χ2n) is 0.448. The number of rotatable bonds is 0. The molecule has 3 nitrogen and oxygen atoms in total. The number of hydrogen-bond donors (Lipinski definition) is 2. The van der Waals surface area contributed by atoms with Gasteiger partial charge >= 0.3 is 45.5 Å². The Bertz CT molecular complexity index is 98.5. The van der Waals surface area contributed by atoms with Gasteiger partial charge in [0.25, 0.3) is 9.05 Å². The van der Waals surface area contributed by atoms with Crippen LogP contribution in [0.1, 0.15) is 2.85 Å². The Hall–Kier alpha value is 1.77. The summed E-state index contributed by atoms with van der Waals surface area (Å²) in [6.07, 6.45) is 0. The molecule has 0 saturated heterocycles. The molecule has 0 amide bonds. The molecule has 2 N–H and O–H groups in total. The van der Waals surface area contributed by atoms with Gasteiger partial charge < -0.3 is 2.85 Å². The summed E-state index contributed by atoms with van der Waals surface area (Å²) in [5, 5.41) is 0. The monoisotopic (exact) mass is 204 g/mol. The minimum absolute atomic E-state index is 0. The topological polar surface area (TPSA) is 57.5 Å². The van der Waals surface area contributed by atoms with E-state index in [2.05, 4.69) is 11.2 Å². The Labute approximate surface area is 80.7 Å². The quantitative estimate of drug-likeness (QED) is 0.523. The van der Waals surface area contributed by atoms with E-state index < -0.39 is 9.05 Å². The molecule has 0 aromatic rings. The molecule has 0 heterocycles. The average Bonchev–Trinajstić information content (AvgIpc) is 0.722. The molecule has 0 aliphatic carbocycles. The molecule has 0 bridgehead atoms. The van der Waals surface area contributed by atoms with E-state index in [1.165, 1.54) is 0 Å². The van der Waals surface area contributed by atoms with Gasteiger partial charge in [0.2, 0.25) is 0 Å². The van der Waals surface area contributed by atoms with Crippen molar-refractivity contribution in [1.29, 1.82) is 0 Å². The largest absolute Gasteiger partial charge is 2.00 e. The molecule has 0 unspecified atom stereocenters. The van der Waals surface area contributed by atoms with Crippen LogP contribution >= 0.6 is 0 Å². The molecule has 0 aromatic heterocycles. The minimum atomic E-state index is -3.83. The van der Waals surface area contributed by atoms with Crippen LogP contribution in [0.3, 0.4) is 0 Å². The van der Waals surface area contributed by atoms with Crippen molar-refractivity contribution < 1.29 is 16.2 Å². The summed E-state index contributed by atoms with van der Waals surface area (Å²) < 4.78 is 24.0. The van der Waals surface area contributed by atoms with E-state index in [0.717, 1.165) is 0 Å². The third kappa shape index (κ3) is 41.9. The molecular formula is H4O3S2Sr. The molecule has 0 rings (SSSR count). The van der Waals surface area contributed by atoms with Crippen LogP contribution in [0.2, 0.25) is 0 Å².